The summed E-state index contributed by atoms with van der Waals surface area (Å²) in [6.45, 7) is 7.93. The minimum atomic E-state index is -0.515. The lowest BCUT2D eigenvalue weighted by atomic mass is 9.96. The molecule has 6 nitrogen and oxygen atoms in total. The first kappa shape index (κ1) is 21.6. The largest absolute Gasteiger partial charge is 0.392 e. The van der Waals surface area contributed by atoms with Crippen molar-refractivity contribution in [3.63, 3.8) is 0 Å². The van der Waals surface area contributed by atoms with Crippen LogP contribution in [0.4, 0.5) is 5.82 Å². The maximum absolute atomic E-state index is 12.2. The van der Waals surface area contributed by atoms with Gasteiger partial charge in [-0.05, 0) is 55.5 Å². The first-order valence-corrected chi connectivity index (χ1v) is 11.1. The number of aromatic nitrogens is 2. The Hall–Kier alpha value is -2.12. The van der Waals surface area contributed by atoms with Crippen LogP contribution in [0.15, 0.2) is 46.3 Å². The van der Waals surface area contributed by atoms with Crippen LogP contribution < -0.4 is 10.2 Å². The Balaban J connectivity index is 1.51. The number of rotatable bonds is 7. The average molecular weight is 415 g/mol. The summed E-state index contributed by atoms with van der Waals surface area (Å²) in [5.74, 6) is 1.42. The Morgan fingerprint density at radius 3 is 2.38 bits per heavy atom. The first-order valence-electron chi connectivity index (χ1n) is 10.2. The third-order valence-electron chi connectivity index (χ3n) is 5.16. The zero-order valence-electron chi connectivity index (χ0n) is 17.3. The van der Waals surface area contributed by atoms with E-state index in [0.29, 0.717) is 12.5 Å². The smallest absolute Gasteiger partial charge is 0.223 e. The van der Waals surface area contributed by atoms with Crippen molar-refractivity contribution in [2.75, 3.05) is 24.5 Å². The highest BCUT2D eigenvalue weighted by Crippen LogP contribution is 2.28. The van der Waals surface area contributed by atoms with E-state index in [-0.39, 0.29) is 11.8 Å². The highest BCUT2D eigenvalue weighted by Gasteiger charge is 2.25. The minimum absolute atomic E-state index is 0.00148. The molecule has 0 unspecified atom stereocenters. The van der Waals surface area contributed by atoms with Gasteiger partial charge in [-0.15, -0.1) is 10.2 Å². The quantitative estimate of drug-likeness (QED) is 0.722. The number of carbonyl (C=O) groups excluding carboxylic acids is 1. The van der Waals surface area contributed by atoms with Gasteiger partial charge in [-0.3, -0.25) is 4.79 Å². The van der Waals surface area contributed by atoms with Gasteiger partial charge in [0, 0.05) is 30.4 Å². The summed E-state index contributed by atoms with van der Waals surface area (Å²) in [6.07, 6.45) is 1.05. The van der Waals surface area contributed by atoms with Crippen LogP contribution in [0.3, 0.4) is 0 Å². The zero-order chi connectivity index (χ0) is 20.8. The van der Waals surface area contributed by atoms with E-state index in [1.54, 1.807) is 18.7 Å². The van der Waals surface area contributed by atoms with Gasteiger partial charge in [0.1, 0.15) is 5.03 Å². The Morgan fingerprint density at radius 2 is 1.83 bits per heavy atom. The van der Waals surface area contributed by atoms with E-state index >= 15 is 0 Å². The molecule has 2 heterocycles. The van der Waals surface area contributed by atoms with Gasteiger partial charge in [0.15, 0.2) is 5.82 Å². The van der Waals surface area contributed by atoms with Crippen molar-refractivity contribution >= 4 is 23.5 Å². The van der Waals surface area contributed by atoms with Gasteiger partial charge in [-0.1, -0.05) is 37.7 Å². The lowest BCUT2D eigenvalue weighted by Gasteiger charge is -2.31. The van der Waals surface area contributed by atoms with E-state index in [1.165, 1.54) is 5.56 Å². The number of piperidine rings is 1. The maximum Gasteiger partial charge on any atom is 0.223 e. The third-order valence-corrected chi connectivity index (χ3v) is 6.09. The van der Waals surface area contributed by atoms with Gasteiger partial charge in [0.25, 0.3) is 0 Å². The van der Waals surface area contributed by atoms with Gasteiger partial charge in [-0.2, -0.15) is 0 Å². The van der Waals surface area contributed by atoms with Crippen molar-refractivity contribution in [3.05, 3.63) is 42.0 Å². The van der Waals surface area contributed by atoms with Gasteiger partial charge < -0.3 is 15.3 Å². The molecule has 1 atom stereocenters. The molecule has 3 rings (SSSR count). The summed E-state index contributed by atoms with van der Waals surface area (Å²) < 4.78 is 0. The maximum atomic E-state index is 12.2. The molecule has 0 spiro atoms. The minimum Gasteiger partial charge on any atom is -0.392 e. The lowest BCUT2D eigenvalue weighted by molar-refractivity contribution is -0.126. The fourth-order valence-electron chi connectivity index (χ4n) is 3.34. The molecule has 1 saturated heterocycles. The number of aliphatic hydroxyl groups is 1. The highest BCUT2D eigenvalue weighted by molar-refractivity contribution is 7.99. The zero-order valence-corrected chi connectivity index (χ0v) is 18.2. The summed E-state index contributed by atoms with van der Waals surface area (Å²) in [6, 6.07) is 12.6. The van der Waals surface area contributed by atoms with E-state index in [9.17, 15) is 9.90 Å². The summed E-state index contributed by atoms with van der Waals surface area (Å²) in [7, 11) is 0. The second-order valence-corrected chi connectivity index (χ2v) is 9.00. The number of aliphatic hydroxyl groups excluding tert-OH is 1. The van der Waals surface area contributed by atoms with Gasteiger partial charge in [-0.25, -0.2) is 0 Å². The molecule has 29 heavy (non-hydrogen) atoms. The van der Waals surface area contributed by atoms with Crippen molar-refractivity contribution in [2.24, 2.45) is 5.92 Å². The molecule has 156 valence electrons. The predicted octanol–water partition coefficient (Wildman–Crippen LogP) is 3.46. The molecule has 7 heteroatoms. The predicted molar refractivity (Wildman–Crippen MR) is 116 cm³/mol. The van der Waals surface area contributed by atoms with Crippen LogP contribution in [0, 0.1) is 5.92 Å². The first-order chi connectivity index (χ1) is 13.9. The SMILES string of the molecule is CC(C)c1ccc(Sc2ccc(N3CCC(C(=O)NC[C@H](C)O)CC3)nn2)cc1. The second-order valence-electron chi connectivity index (χ2n) is 7.91. The standard InChI is InChI=1S/C22H30N4O2S/c1-15(2)17-4-6-19(7-5-17)29-21-9-8-20(24-25-21)26-12-10-18(11-13-26)22(28)23-14-16(3)27/h4-9,15-16,18,27H,10-14H2,1-3H3,(H,23,28)/t16-/m0/s1. The van der Waals surface area contributed by atoms with Crippen molar-refractivity contribution in [3.8, 4) is 0 Å². The van der Waals surface area contributed by atoms with E-state index in [2.05, 4.69) is 58.5 Å². The topological polar surface area (TPSA) is 78.4 Å². The molecule has 1 aliphatic heterocycles. The van der Waals surface area contributed by atoms with Crippen molar-refractivity contribution in [1.29, 1.82) is 0 Å². The second kappa shape index (κ2) is 10.1. The van der Waals surface area contributed by atoms with Crippen LogP contribution in [0.1, 0.15) is 45.1 Å². The van der Waals surface area contributed by atoms with E-state index < -0.39 is 6.10 Å². The van der Waals surface area contributed by atoms with Gasteiger partial charge in [0.2, 0.25) is 5.91 Å². The van der Waals surface area contributed by atoms with Crippen LogP contribution >= 0.6 is 11.8 Å². The Kier molecular flexibility index (Phi) is 7.50. The van der Waals surface area contributed by atoms with E-state index in [4.69, 9.17) is 0 Å². The molecule has 1 aromatic heterocycles. The number of amides is 1. The molecule has 0 bridgehead atoms. The molecule has 1 amide bonds. The summed E-state index contributed by atoms with van der Waals surface area (Å²) in [5.41, 5.74) is 1.33. The van der Waals surface area contributed by atoms with Gasteiger partial charge in [0.05, 0.1) is 6.10 Å². The third kappa shape index (κ3) is 6.18. The number of carbonyl (C=O) groups is 1. The molecule has 1 fully saturated rings. The van der Waals surface area contributed by atoms with E-state index in [1.807, 2.05) is 12.1 Å². The fourth-order valence-corrected chi connectivity index (χ4v) is 4.07. The summed E-state index contributed by atoms with van der Waals surface area (Å²) in [4.78, 5) is 15.5. The number of anilines is 1. The van der Waals surface area contributed by atoms with Crippen molar-refractivity contribution in [1.82, 2.24) is 15.5 Å². The van der Waals surface area contributed by atoms with Gasteiger partial charge >= 0.3 is 0 Å². The molecule has 1 aliphatic rings. The van der Waals surface area contributed by atoms with Crippen LogP contribution in [0.25, 0.3) is 0 Å². The van der Waals surface area contributed by atoms with Crippen LogP contribution in [0.2, 0.25) is 0 Å². The normalized spacial score (nSPS) is 16.1. The Morgan fingerprint density at radius 1 is 1.14 bits per heavy atom. The lowest BCUT2D eigenvalue weighted by Crippen LogP contribution is -2.42. The summed E-state index contributed by atoms with van der Waals surface area (Å²) in [5, 5.41) is 21.8. The molecule has 0 aliphatic carbocycles. The number of nitrogens with one attached hydrogen (secondary N) is 1. The average Bonchev–Trinajstić information content (AvgIpc) is 2.73. The van der Waals surface area contributed by atoms with Crippen molar-refractivity contribution < 1.29 is 9.90 Å². The Labute approximate surface area is 177 Å². The van der Waals surface area contributed by atoms with E-state index in [0.717, 1.165) is 41.7 Å². The number of hydrogen-bond donors (Lipinski definition) is 2. The number of hydrogen-bond acceptors (Lipinski definition) is 6. The van der Waals surface area contributed by atoms with Crippen molar-refractivity contribution in [2.45, 2.75) is 55.6 Å². The highest BCUT2D eigenvalue weighted by atomic mass is 32.2. The molecule has 0 saturated carbocycles. The molecular formula is C22H30N4O2S. The van der Waals surface area contributed by atoms with Crippen LogP contribution in [-0.2, 0) is 4.79 Å². The molecule has 0 radical (unpaired) electrons. The monoisotopic (exact) mass is 414 g/mol. The number of nitrogens with zero attached hydrogens (tertiary/aromatic N) is 3. The molecule has 2 aromatic rings. The molecule has 1 aromatic carbocycles. The Bertz CT molecular complexity index is 785. The molecule has 2 N–H and O–H groups in total. The fraction of sp³-hybridized carbons (Fsp3) is 0.500. The van der Waals surface area contributed by atoms with Crippen LogP contribution in [-0.4, -0.2) is 46.9 Å². The summed E-state index contributed by atoms with van der Waals surface area (Å²) >= 11 is 1.61. The molecular weight excluding hydrogens is 384 g/mol. The van der Waals surface area contributed by atoms with Crippen LogP contribution in [0.5, 0.6) is 0 Å². The number of benzene rings is 1.